The Morgan fingerprint density at radius 3 is 2.00 bits per heavy atom. The van der Waals surface area contributed by atoms with Crippen LogP contribution in [0.3, 0.4) is 0 Å². The second-order valence-corrected chi connectivity index (χ2v) is 7.66. The molecule has 0 aliphatic rings. The third-order valence-electron chi connectivity index (χ3n) is 5.70. The number of fused-ring (bicyclic) bond motifs is 2. The number of carboxylic acid groups (broad SMARTS) is 1. The summed E-state index contributed by atoms with van der Waals surface area (Å²) in [4.78, 5) is 37.1. The van der Waals surface area contributed by atoms with Gasteiger partial charge in [-0.1, -0.05) is 42.5 Å². The summed E-state index contributed by atoms with van der Waals surface area (Å²) in [5.41, 5.74) is -1.49. The van der Waals surface area contributed by atoms with E-state index in [2.05, 4.69) is 0 Å². The van der Waals surface area contributed by atoms with E-state index in [0.717, 1.165) is 0 Å². The molecule has 8 nitrogen and oxygen atoms in total. The molecule has 5 aromatic rings. The van der Waals surface area contributed by atoms with Crippen molar-refractivity contribution in [3.8, 4) is 11.5 Å². The number of aromatic carboxylic acids is 1. The van der Waals surface area contributed by atoms with Gasteiger partial charge in [0.15, 0.2) is 11.5 Å². The van der Waals surface area contributed by atoms with Crippen molar-refractivity contribution in [3.05, 3.63) is 116 Å². The van der Waals surface area contributed by atoms with Gasteiger partial charge in [0.1, 0.15) is 11.3 Å². The number of para-hydroxylation sites is 1. The van der Waals surface area contributed by atoms with Crippen LogP contribution in [0.25, 0.3) is 21.7 Å². The van der Waals surface area contributed by atoms with Crippen molar-refractivity contribution < 1.29 is 28.9 Å². The fourth-order valence-electron chi connectivity index (χ4n) is 4.07. The third kappa shape index (κ3) is 3.29. The quantitative estimate of drug-likeness (QED) is 0.342. The molecule has 168 valence electrons. The maximum absolute atomic E-state index is 13.1. The zero-order chi connectivity index (χ0) is 24.0. The van der Waals surface area contributed by atoms with Crippen molar-refractivity contribution in [2.45, 2.75) is 5.92 Å². The standard InChI is InChI=1S/C26H16O8/c27-21-17-7-3-4-8-18(17)33-26(32)20(21)19(13-9-11-14(12-10-13)24(29)30)23-22(28)15-5-1-2-6-16(15)25(31)34-23/h1-12,19,27-28H,(H,29,30). The van der Waals surface area contributed by atoms with Gasteiger partial charge in [0.25, 0.3) is 0 Å². The van der Waals surface area contributed by atoms with E-state index < -0.39 is 34.6 Å². The Hall–Kier alpha value is -4.85. The minimum Gasteiger partial charge on any atom is -0.507 e. The smallest absolute Gasteiger partial charge is 0.344 e. The molecule has 3 N–H and O–H groups in total. The van der Waals surface area contributed by atoms with Gasteiger partial charge < -0.3 is 24.2 Å². The second kappa shape index (κ2) is 7.93. The third-order valence-corrected chi connectivity index (χ3v) is 5.70. The molecule has 0 spiro atoms. The van der Waals surface area contributed by atoms with Gasteiger partial charge in [-0.2, -0.15) is 0 Å². The lowest BCUT2D eigenvalue weighted by atomic mass is 9.87. The average molecular weight is 456 g/mol. The number of rotatable bonds is 4. The lowest BCUT2D eigenvalue weighted by Gasteiger charge is -2.19. The minimum absolute atomic E-state index is 0.0125. The maximum Gasteiger partial charge on any atom is 0.344 e. The molecule has 0 bridgehead atoms. The summed E-state index contributed by atoms with van der Waals surface area (Å²) in [5.74, 6) is -3.52. The van der Waals surface area contributed by atoms with Crippen LogP contribution in [0.1, 0.15) is 33.2 Å². The molecule has 34 heavy (non-hydrogen) atoms. The molecule has 3 aromatic carbocycles. The number of carboxylic acids is 1. The predicted octanol–water partition coefficient (Wildman–Crippen LogP) is 4.19. The Morgan fingerprint density at radius 1 is 0.706 bits per heavy atom. The first-order chi connectivity index (χ1) is 16.4. The first-order valence-corrected chi connectivity index (χ1v) is 10.2. The van der Waals surface area contributed by atoms with Crippen molar-refractivity contribution in [2.24, 2.45) is 0 Å². The van der Waals surface area contributed by atoms with Crippen molar-refractivity contribution in [3.63, 3.8) is 0 Å². The van der Waals surface area contributed by atoms with Crippen LogP contribution in [-0.2, 0) is 0 Å². The van der Waals surface area contributed by atoms with Crippen LogP contribution in [-0.4, -0.2) is 21.3 Å². The number of hydrogen-bond donors (Lipinski definition) is 3. The zero-order valence-corrected chi connectivity index (χ0v) is 17.4. The molecule has 1 unspecified atom stereocenters. The predicted molar refractivity (Wildman–Crippen MR) is 123 cm³/mol. The van der Waals surface area contributed by atoms with Gasteiger partial charge in [0.05, 0.1) is 27.8 Å². The normalized spacial score (nSPS) is 12.1. The molecular weight excluding hydrogens is 440 g/mol. The summed E-state index contributed by atoms with van der Waals surface area (Å²) < 4.78 is 10.9. The fraction of sp³-hybridized carbons (Fsp3) is 0.0385. The van der Waals surface area contributed by atoms with Gasteiger partial charge in [0.2, 0.25) is 0 Å². The highest BCUT2D eigenvalue weighted by Crippen LogP contribution is 2.42. The molecule has 0 fully saturated rings. The van der Waals surface area contributed by atoms with E-state index in [0.29, 0.717) is 0 Å². The molecule has 0 amide bonds. The van der Waals surface area contributed by atoms with Crippen LogP contribution in [0.15, 0.2) is 91.2 Å². The molecule has 2 aromatic heterocycles. The van der Waals surface area contributed by atoms with E-state index in [9.17, 15) is 29.7 Å². The van der Waals surface area contributed by atoms with Crippen LogP contribution in [0.4, 0.5) is 0 Å². The van der Waals surface area contributed by atoms with E-state index >= 15 is 0 Å². The van der Waals surface area contributed by atoms with Gasteiger partial charge in [-0.3, -0.25) is 0 Å². The van der Waals surface area contributed by atoms with E-state index in [1.807, 2.05) is 0 Å². The monoisotopic (exact) mass is 456 g/mol. The van der Waals surface area contributed by atoms with E-state index in [1.54, 1.807) is 30.3 Å². The highest BCUT2D eigenvalue weighted by Gasteiger charge is 2.32. The zero-order valence-electron chi connectivity index (χ0n) is 17.4. The minimum atomic E-state index is -1.28. The lowest BCUT2D eigenvalue weighted by Crippen LogP contribution is -2.17. The molecule has 0 saturated carbocycles. The molecule has 0 aliphatic heterocycles. The average Bonchev–Trinajstić information content (AvgIpc) is 2.84. The Labute approximate surface area is 190 Å². The molecule has 0 radical (unpaired) electrons. The fourth-order valence-corrected chi connectivity index (χ4v) is 4.07. The number of carbonyl (C=O) groups is 1. The van der Waals surface area contributed by atoms with Crippen molar-refractivity contribution in [2.75, 3.05) is 0 Å². The van der Waals surface area contributed by atoms with Crippen LogP contribution in [0, 0.1) is 0 Å². The summed E-state index contributed by atoms with van der Waals surface area (Å²) >= 11 is 0. The summed E-state index contributed by atoms with van der Waals surface area (Å²) in [7, 11) is 0. The van der Waals surface area contributed by atoms with Crippen LogP contribution >= 0.6 is 0 Å². The second-order valence-electron chi connectivity index (χ2n) is 7.66. The molecule has 1 atom stereocenters. The summed E-state index contributed by atoms with van der Waals surface area (Å²) in [6.07, 6.45) is 0. The molecule has 0 aliphatic carbocycles. The Bertz CT molecular complexity index is 1690. The van der Waals surface area contributed by atoms with Crippen molar-refractivity contribution in [1.82, 2.24) is 0 Å². The van der Waals surface area contributed by atoms with Crippen LogP contribution in [0.5, 0.6) is 11.5 Å². The van der Waals surface area contributed by atoms with Crippen LogP contribution in [0.2, 0.25) is 0 Å². The Morgan fingerprint density at radius 2 is 1.32 bits per heavy atom. The maximum atomic E-state index is 13.1. The Kier molecular flexibility index (Phi) is 4.90. The highest BCUT2D eigenvalue weighted by atomic mass is 16.4. The van der Waals surface area contributed by atoms with E-state index in [1.165, 1.54) is 42.5 Å². The highest BCUT2D eigenvalue weighted by molar-refractivity contribution is 5.89. The molecule has 2 heterocycles. The first kappa shape index (κ1) is 21.0. The summed E-state index contributed by atoms with van der Waals surface area (Å²) in [5, 5.41) is 32.0. The van der Waals surface area contributed by atoms with E-state index in [4.69, 9.17) is 8.83 Å². The first-order valence-electron chi connectivity index (χ1n) is 10.2. The van der Waals surface area contributed by atoms with Crippen molar-refractivity contribution >= 4 is 27.7 Å². The van der Waals surface area contributed by atoms with Crippen LogP contribution < -0.4 is 11.3 Å². The van der Waals surface area contributed by atoms with Crippen molar-refractivity contribution in [1.29, 1.82) is 0 Å². The molecule has 0 saturated heterocycles. The molecule has 5 rings (SSSR count). The number of aromatic hydroxyl groups is 2. The van der Waals surface area contributed by atoms with Gasteiger partial charge in [-0.25, -0.2) is 14.4 Å². The lowest BCUT2D eigenvalue weighted by molar-refractivity contribution is 0.0697. The number of hydrogen-bond acceptors (Lipinski definition) is 7. The summed E-state index contributed by atoms with van der Waals surface area (Å²) in [6.45, 7) is 0. The number of benzene rings is 3. The van der Waals surface area contributed by atoms with Gasteiger partial charge in [0, 0.05) is 5.39 Å². The molecular formula is C26H16O8. The topological polar surface area (TPSA) is 138 Å². The SMILES string of the molecule is O=C(O)c1ccc(C(c2oc(=O)c3ccccc3c2O)c2c(O)c3ccccc3oc2=O)cc1. The van der Waals surface area contributed by atoms with Gasteiger partial charge >= 0.3 is 17.2 Å². The molecule has 8 heteroatoms. The Balaban J connectivity index is 1.87. The largest absolute Gasteiger partial charge is 0.507 e. The summed E-state index contributed by atoms with van der Waals surface area (Å²) in [6, 6.07) is 18.1. The van der Waals surface area contributed by atoms with Gasteiger partial charge in [-0.05, 0) is 35.9 Å². The van der Waals surface area contributed by atoms with E-state index in [-0.39, 0.29) is 44.2 Å². The van der Waals surface area contributed by atoms with Gasteiger partial charge in [-0.15, -0.1) is 0 Å².